The molecule has 0 saturated carbocycles. The molecule has 2 aliphatic heterocycles. The van der Waals surface area contributed by atoms with Crippen molar-refractivity contribution in [1.29, 1.82) is 0 Å². The number of nitrogens with one attached hydrogen (secondary N) is 1. The first-order chi connectivity index (χ1) is 8.29. The van der Waals surface area contributed by atoms with E-state index in [2.05, 4.69) is 17.1 Å². The monoisotopic (exact) mass is 240 g/mol. The van der Waals surface area contributed by atoms with Crippen molar-refractivity contribution in [3.05, 3.63) is 0 Å². The highest BCUT2D eigenvalue weighted by atomic mass is 16.3. The minimum Gasteiger partial charge on any atom is -0.396 e. The molecule has 2 fully saturated rings. The van der Waals surface area contributed by atoms with Crippen LogP contribution in [0.4, 0.5) is 0 Å². The van der Waals surface area contributed by atoms with Gasteiger partial charge in [0.15, 0.2) is 0 Å². The average Bonchev–Trinajstić information content (AvgIpc) is 2.79. The molecule has 2 heterocycles. The van der Waals surface area contributed by atoms with E-state index in [-0.39, 0.29) is 0 Å². The Morgan fingerprint density at radius 1 is 1.35 bits per heavy atom. The van der Waals surface area contributed by atoms with Gasteiger partial charge < -0.3 is 15.3 Å². The molecule has 0 spiro atoms. The Morgan fingerprint density at radius 3 is 2.94 bits per heavy atom. The highest BCUT2D eigenvalue weighted by Gasteiger charge is 2.27. The van der Waals surface area contributed by atoms with E-state index in [1.165, 1.54) is 51.7 Å². The number of likely N-dealkylation sites (tertiary alicyclic amines) is 1. The van der Waals surface area contributed by atoms with E-state index in [9.17, 15) is 0 Å². The largest absolute Gasteiger partial charge is 0.396 e. The number of nitrogens with zero attached hydrogens (tertiary/aromatic N) is 1. The summed E-state index contributed by atoms with van der Waals surface area (Å²) in [5.41, 5.74) is 0. The molecule has 0 aromatic heterocycles. The van der Waals surface area contributed by atoms with E-state index in [0.29, 0.717) is 12.6 Å². The summed E-state index contributed by atoms with van der Waals surface area (Å²) in [6.07, 6.45) is 7.68. The normalized spacial score (nSPS) is 32.8. The molecule has 0 aliphatic carbocycles. The molecule has 0 radical (unpaired) electrons. The van der Waals surface area contributed by atoms with Gasteiger partial charge in [-0.3, -0.25) is 0 Å². The molecule has 3 unspecified atom stereocenters. The zero-order valence-corrected chi connectivity index (χ0v) is 11.2. The van der Waals surface area contributed by atoms with Gasteiger partial charge in [-0.15, -0.1) is 0 Å². The molecule has 0 amide bonds. The molecule has 2 rings (SSSR count). The third-order valence-corrected chi connectivity index (χ3v) is 4.52. The lowest BCUT2D eigenvalue weighted by Gasteiger charge is -2.31. The number of aliphatic hydroxyl groups is 1. The molecule has 2 aliphatic rings. The molecule has 2 saturated heterocycles. The number of rotatable bonds is 5. The molecule has 100 valence electrons. The Morgan fingerprint density at radius 2 is 2.24 bits per heavy atom. The van der Waals surface area contributed by atoms with Gasteiger partial charge in [0, 0.05) is 25.2 Å². The van der Waals surface area contributed by atoms with E-state index < -0.39 is 0 Å². The van der Waals surface area contributed by atoms with Crippen LogP contribution < -0.4 is 5.32 Å². The molecular formula is C14H28N2O. The highest BCUT2D eigenvalue weighted by molar-refractivity contribution is 4.83. The zero-order valence-electron chi connectivity index (χ0n) is 11.2. The Balaban J connectivity index is 1.70. The molecule has 3 nitrogen and oxygen atoms in total. The fourth-order valence-corrected chi connectivity index (χ4v) is 3.37. The lowest BCUT2D eigenvalue weighted by atomic mass is 9.98. The Labute approximate surface area is 106 Å². The van der Waals surface area contributed by atoms with Crippen LogP contribution in [-0.4, -0.2) is 48.3 Å². The second-order valence-electron chi connectivity index (χ2n) is 5.89. The van der Waals surface area contributed by atoms with Gasteiger partial charge in [-0.2, -0.15) is 0 Å². The van der Waals surface area contributed by atoms with Crippen molar-refractivity contribution < 1.29 is 5.11 Å². The Bertz CT molecular complexity index is 216. The van der Waals surface area contributed by atoms with Crippen molar-refractivity contribution in [3.63, 3.8) is 0 Å². The second kappa shape index (κ2) is 6.72. The quantitative estimate of drug-likeness (QED) is 0.766. The van der Waals surface area contributed by atoms with E-state index in [1.54, 1.807) is 0 Å². The zero-order chi connectivity index (χ0) is 12.1. The van der Waals surface area contributed by atoms with Gasteiger partial charge in [0.2, 0.25) is 0 Å². The molecule has 3 heteroatoms. The van der Waals surface area contributed by atoms with Crippen LogP contribution >= 0.6 is 0 Å². The van der Waals surface area contributed by atoms with Crippen LogP contribution in [0.1, 0.15) is 45.4 Å². The van der Waals surface area contributed by atoms with Crippen LogP contribution in [0.2, 0.25) is 0 Å². The standard InChI is InChI=1S/C14H28N2O/c1-12(10-14-4-2-3-7-15-14)16-8-5-13(11-16)6-9-17/h12-15,17H,2-11H2,1H3. The number of piperidine rings is 1. The summed E-state index contributed by atoms with van der Waals surface area (Å²) < 4.78 is 0. The summed E-state index contributed by atoms with van der Waals surface area (Å²) in [4.78, 5) is 2.62. The molecule has 0 aromatic rings. The fraction of sp³-hybridized carbons (Fsp3) is 1.00. The van der Waals surface area contributed by atoms with Crippen molar-refractivity contribution in [2.24, 2.45) is 5.92 Å². The van der Waals surface area contributed by atoms with Crippen LogP contribution in [-0.2, 0) is 0 Å². The van der Waals surface area contributed by atoms with Gasteiger partial charge in [0.25, 0.3) is 0 Å². The van der Waals surface area contributed by atoms with E-state index in [0.717, 1.165) is 18.4 Å². The summed E-state index contributed by atoms with van der Waals surface area (Å²) in [6.45, 7) is 6.38. The van der Waals surface area contributed by atoms with Crippen LogP contribution in [0.3, 0.4) is 0 Å². The van der Waals surface area contributed by atoms with Crippen molar-refractivity contribution in [1.82, 2.24) is 10.2 Å². The molecule has 3 atom stereocenters. The first kappa shape index (κ1) is 13.3. The maximum Gasteiger partial charge on any atom is 0.0434 e. The summed E-state index contributed by atoms with van der Waals surface area (Å²) in [5.74, 6) is 0.738. The van der Waals surface area contributed by atoms with Crippen molar-refractivity contribution >= 4 is 0 Å². The summed E-state index contributed by atoms with van der Waals surface area (Å²) in [6, 6.07) is 1.45. The minimum absolute atomic E-state index is 0.358. The minimum atomic E-state index is 0.358. The predicted molar refractivity (Wildman–Crippen MR) is 71.1 cm³/mol. The molecule has 0 bridgehead atoms. The summed E-state index contributed by atoms with van der Waals surface area (Å²) in [7, 11) is 0. The topological polar surface area (TPSA) is 35.5 Å². The summed E-state index contributed by atoms with van der Waals surface area (Å²) >= 11 is 0. The van der Waals surface area contributed by atoms with Crippen LogP contribution in [0, 0.1) is 5.92 Å². The predicted octanol–water partition coefficient (Wildman–Crippen LogP) is 1.61. The highest BCUT2D eigenvalue weighted by Crippen LogP contribution is 2.24. The molecule has 2 N–H and O–H groups in total. The lowest BCUT2D eigenvalue weighted by Crippen LogP contribution is -2.41. The van der Waals surface area contributed by atoms with E-state index in [4.69, 9.17) is 5.11 Å². The average molecular weight is 240 g/mol. The lowest BCUT2D eigenvalue weighted by molar-refractivity contribution is 0.201. The molecule has 0 aromatic carbocycles. The fourth-order valence-electron chi connectivity index (χ4n) is 3.37. The van der Waals surface area contributed by atoms with E-state index in [1.807, 2.05) is 0 Å². The Hall–Kier alpha value is -0.120. The van der Waals surface area contributed by atoms with Gasteiger partial charge in [0.05, 0.1) is 0 Å². The van der Waals surface area contributed by atoms with Gasteiger partial charge >= 0.3 is 0 Å². The van der Waals surface area contributed by atoms with Crippen LogP contribution in [0.5, 0.6) is 0 Å². The summed E-state index contributed by atoms with van der Waals surface area (Å²) in [5, 5.41) is 12.6. The molecular weight excluding hydrogens is 212 g/mol. The third-order valence-electron chi connectivity index (χ3n) is 4.52. The first-order valence-corrected chi connectivity index (χ1v) is 7.38. The van der Waals surface area contributed by atoms with Crippen molar-refractivity contribution in [3.8, 4) is 0 Å². The van der Waals surface area contributed by atoms with Gasteiger partial charge in [-0.05, 0) is 58.0 Å². The Kier molecular flexibility index (Phi) is 5.26. The number of aliphatic hydroxyl groups excluding tert-OH is 1. The number of hydrogen-bond donors (Lipinski definition) is 2. The van der Waals surface area contributed by atoms with Crippen molar-refractivity contribution in [2.75, 3.05) is 26.2 Å². The maximum atomic E-state index is 8.98. The van der Waals surface area contributed by atoms with Gasteiger partial charge in [-0.25, -0.2) is 0 Å². The van der Waals surface area contributed by atoms with Gasteiger partial charge in [-0.1, -0.05) is 6.42 Å². The van der Waals surface area contributed by atoms with Crippen LogP contribution in [0.25, 0.3) is 0 Å². The first-order valence-electron chi connectivity index (χ1n) is 7.38. The van der Waals surface area contributed by atoms with Gasteiger partial charge in [0.1, 0.15) is 0 Å². The SMILES string of the molecule is CC(CC1CCCCN1)N1CCC(CCO)C1. The van der Waals surface area contributed by atoms with Crippen LogP contribution in [0.15, 0.2) is 0 Å². The second-order valence-corrected chi connectivity index (χ2v) is 5.89. The maximum absolute atomic E-state index is 8.98. The smallest absolute Gasteiger partial charge is 0.0434 e. The number of hydrogen-bond acceptors (Lipinski definition) is 3. The van der Waals surface area contributed by atoms with Crippen molar-refractivity contribution in [2.45, 2.75) is 57.5 Å². The van der Waals surface area contributed by atoms with E-state index >= 15 is 0 Å². The third kappa shape index (κ3) is 3.94. The molecule has 17 heavy (non-hydrogen) atoms.